The molecule has 3 rings (SSSR count). The number of nitrogens with one attached hydrogen (secondary N) is 1. The monoisotopic (exact) mass is 255 g/mol. The first-order valence-electron chi connectivity index (χ1n) is 6.77. The van der Waals surface area contributed by atoms with Crippen LogP contribution in [0.4, 0.5) is 4.39 Å². The van der Waals surface area contributed by atoms with E-state index in [1.165, 1.54) is 17.2 Å². The van der Waals surface area contributed by atoms with Crippen LogP contribution in [0, 0.1) is 11.7 Å². The van der Waals surface area contributed by atoms with E-state index in [-0.39, 0.29) is 11.9 Å². The zero-order valence-electron chi connectivity index (χ0n) is 11.1. The molecule has 0 amide bonds. The van der Waals surface area contributed by atoms with Crippen LogP contribution in [0.25, 0.3) is 0 Å². The number of benzene rings is 2. The Bertz CT molecular complexity index is 554. The molecule has 0 fully saturated rings. The van der Waals surface area contributed by atoms with Crippen LogP contribution in [0.5, 0.6) is 0 Å². The Hall–Kier alpha value is -1.67. The van der Waals surface area contributed by atoms with Crippen molar-refractivity contribution < 1.29 is 4.39 Å². The molecule has 19 heavy (non-hydrogen) atoms. The largest absolute Gasteiger partial charge is 0.313 e. The second-order valence-corrected chi connectivity index (χ2v) is 5.26. The molecule has 0 radical (unpaired) electrons. The van der Waals surface area contributed by atoms with Crippen LogP contribution in [-0.2, 0) is 12.8 Å². The fourth-order valence-electron chi connectivity index (χ4n) is 3.20. The van der Waals surface area contributed by atoms with Crippen molar-refractivity contribution in [1.29, 1.82) is 0 Å². The van der Waals surface area contributed by atoms with E-state index in [1.807, 2.05) is 13.1 Å². The molecule has 1 N–H and O–H groups in total. The summed E-state index contributed by atoms with van der Waals surface area (Å²) in [5.74, 6) is 0.345. The van der Waals surface area contributed by atoms with E-state index >= 15 is 0 Å². The summed E-state index contributed by atoms with van der Waals surface area (Å²) in [6, 6.07) is 15.7. The van der Waals surface area contributed by atoms with Crippen molar-refractivity contribution in [3.05, 3.63) is 71.0 Å². The SMILES string of the molecule is CNC(c1cccc(F)c1)C1Cc2ccccc2C1. The average Bonchev–Trinajstić information content (AvgIpc) is 2.83. The molecule has 0 saturated carbocycles. The molecule has 1 unspecified atom stereocenters. The Balaban J connectivity index is 1.86. The Morgan fingerprint density at radius 1 is 1.05 bits per heavy atom. The number of hydrogen-bond acceptors (Lipinski definition) is 1. The second kappa shape index (κ2) is 5.14. The normalized spacial score (nSPS) is 16.3. The minimum absolute atomic E-state index is 0.159. The van der Waals surface area contributed by atoms with Gasteiger partial charge in [0.25, 0.3) is 0 Å². The molecule has 1 aliphatic rings. The lowest BCUT2D eigenvalue weighted by atomic mass is 9.90. The topological polar surface area (TPSA) is 12.0 Å². The summed E-state index contributed by atoms with van der Waals surface area (Å²) in [5, 5.41) is 3.36. The van der Waals surface area contributed by atoms with Crippen molar-refractivity contribution in [1.82, 2.24) is 5.32 Å². The van der Waals surface area contributed by atoms with Gasteiger partial charge >= 0.3 is 0 Å². The van der Waals surface area contributed by atoms with Crippen molar-refractivity contribution in [3.63, 3.8) is 0 Å². The molecule has 0 spiro atoms. The van der Waals surface area contributed by atoms with Crippen LogP contribution >= 0.6 is 0 Å². The minimum atomic E-state index is -0.159. The lowest BCUT2D eigenvalue weighted by molar-refractivity contribution is 0.395. The Morgan fingerprint density at radius 2 is 1.74 bits per heavy atom. The third-order valence-electron chi connectivity index (χ3n) is 4.07. The van der Waals surface area contributed by atoms with Crippen molar-refractivity contribution in [2.75, 3.05) is 7.05 Å². The lowest BCUT2D eigenvalue weighted by Gasteiger charge is -2.23. The molecule has 0 saturated heterocycles. The predicted molar refractivity (Wildman–Crippen MR) is 75.5 cm³/mol. The molecule has 0 aliphatic heterocycles. The summed E-state index contributed by atoms with van der Waals surface area (Å²) in [5.41, 5.74) is 3.91. The highest BCUT2D eigenvalue weighted by molar-refractivity contribution is 5.34. The number of fused-ring (bicyclic) bond motifs is 1. The zero-order valence-corrected chi connectivity index (χ0v) is 11.1. The maximum absolute atomic E-state index is 13.4. The van der Waals surface area contributed by atoms with Crippen molar-refractivity contribution in [3.8, 4) is 0 Å². The zero-order chi connectivity index (χ0) is 13.2. The van der Waals surface area contributed by atoms with Gasteiger partial charge in [-0.1, -0.05) is 36.4 Å². The minimum Gasteiger partial charge on any atom is -0.313 e. The second-order valence-electron chi connectivity index (χ2n) is 5.26. The molecule has 1 atom stereocenters. The molecule has 1 nitrogen and oxygen atoms in total. The lowest BCUT2D eigenvalue weighted by Crippen LogP contribution is -2.25. The summed E-state index contributed by atoms with van der Waals surface area (Å²) in [4.78, 5) is 0. The summed E-state index contributed by atoms with van der Waals surface area (Å²) in [6.07, 6.45) is 2.14. The van der Waals surface area contributed by atoms with Crippen molar-refractivity contribution in [2.45, 2.75) is 18.9 Å². The van der Waals surface area contributed by atoms with Crippen LogP contribution < -0.4 is 5.32 Å². The fraction of sp³-hybridized carbons (Fsp3) is 0.294. The van der Waals surface area contributed by atoms with Gasteiger partial charge in [0, 0.05) is 6.04 Å². The Labute approximate surface area is 113 Å². The molecular weight excluding hydrogens is 237 g/mol. The maximum Gasteiger partial charge on any atom is 0.123 e. The van der Waals surface area contributed by atoms with Gasteiger partial charge in [0.05, 0.1) is 0 Å². The molecule has 2 aromatic rings. The predicted octanol–water partition coefficient (Wildman–Crippen LogP) is 3.50. The van der Waals surface area contributed by atoms with E-state index in [0.29, 0.717) is 5.92 Å². The summed E-state index contributed by atoms with van der Waals surface area (Å²) in [6.45, 7) is 0. The molecule has 1 aliphatic carbocycles. The Morgan fingerprint density at radius 3 is 2.32 bits per heavy atom. The van der Waals surface area contributed by atoms with Gasteiger partial charge in [0.15, 0.2) is 0 Å². The third-order valence-corrected chi connectivity index (χ3v) is 4.07. The maximum atomic E-state index is 13.4. The van der Waals surface area contributed by atoms with Crippen LogP contribution in [-0.4, -0.2) is 7.05 Å². The number of halogens is 1. The molecule has 0 bridgehead atoms. The van der Waals surface area contributed by atoms with E-state index in [1.54, 1.807) is 12.1 Å². The van der Waals surface area contributed by atoms with Gasteiger partial charge < -0.3 is 5.32 Å². The van der Waals surface area contributed by atoms with Gasteiger partial charge in [-0.15, -0.1) is 0 Å². The van der Waals surface area contributed by atoms with Crippen LogP contribution in [0.1, 0.15) is 22.7 Å². The van der Waals surface area contributed by atoms with Gasteiger partial charge in [0.1, 0.15) is 5.82 Å². The van der Waals surface area contributed by atoms with Crippen molar-refractivity contribution in [2.24, 2.45) is 5.92 Å². The molecule has 0 heterocycles. The average molecular weight is 255 g/mol. The standard InChI is InChI=1S/C17H18FN/c1-19-17(14-7-4-8-16(18)11-14)15-9-12-5-2-3-6-13(12)10-15/h2-8,11,15,17,19H,9-10H2,1H3. The highest BCUT2D eigenvalue weighted by Crippen LogP contribution is 2.35. The van der Waals surface area contributed by atoms with Crippen molar-refractivity contribution >= 4 is 0 Å². The highest BCUT2D eigenvalue weighted by atomic mass is 19.1. The smallest absolute Gasteiger partial charge is 0.123 e. The van der Waals surface area contributed by atoms with E-state index in [4.69, 9.17) is 0 Å². The summed E-state index contributed by atoms with van der Waals surface area (Å²) >= 11 is 0. The molecule has 2 aromatic carbocycles. The fourth-order valence-corrected chi connectivity index (χ4v) is 3.20. The third kappa shape index (κ3) is 2.41. The van der Waals surface area contributed by atoms with E-state index in [9.17, 15) is 4.39 Å². The molecule has 2 heteroatoms. The molecule has 0 aromatic heterocycles. The van der Waals surface area contributed by atoms with Crippen LogP contribution in [0.3, 0.4) is 0 Å². The Kier molecular flexibility index (Phi) is 3.34. The van der Waals surface area contributed by atoms with Crippen LogP contribution in [0.2, 0.25) is 0 Å². The van der Waals surface area contributed by atoms with Gasteiger partial charge in [-0.25, -0.2) is 4.39 Å². The highest BCUT2D eigenvalue weighted by Gasteiger charge is 2.28. The van der Waals surface area contributed by atoms with Crippen LogP contribution in [0.15, 0.2) is 48.5 Å². The number of hydrogen-bond donors (Lipinski definition) is 1. The van der Waals surface area contributed by atoms with E-state index in [2.05, 4.69) is 29.6 Å². The quantitative estimate of drug-likeness (QED) is 0.885. The van der Waals surface area contributed by atoms with Gasteiger partial charge in [-0.3, -0.25) is 0 Å². The van der Waals surface area contributed by atoms with Gasteiger partial charge in [0.2, 0.25) is 0 Å². The molecule has 98 valence electrons. The molecular formula is C17H18FN. The summed E-state index contributed by atoms with van der Waals surface area (Å²) < 4.78 is 13.4. The van der Waals surface area contributed by atoms with E-state index in [0.717, 1.165) is 18.4 Å². The first-order valence-corrected chi connectivity index (χ1v) is 6.77. The number of rotatable bonds is 3. The summed E-state index contributed by atoms with van der Waals surface area (Å²) in [7, 11) is 1.96. The first-order chi connectivity index (χ1) is 9.28. The van der Waals surface area contributed by atoms with Gasteiger partial charge in [-0.2, -0.15) is 0 Å². The first kappa shape index (κ1) is 12.4. The van der Waals surface area contributed by atoms with Gasteiger partial charge in [-0.05, 0) is 54.6 Å². The van der Waals surface area contributed by atoms with E-state index < -0.39 is 0 Å².